The number of rotatable bonds is 9. The van der Waals surface area contributed by atoms with Crippen molar-refractivity contribution in [2.45, 2.75) is 33.1 Å². The molecule has 0 aromatic heterocycles. The highest BCUT2D eigenvalue weighted by Crippen LogP contribution is 2.15. The highest BCUT2D eigenvalue weighted by Gasteiger charge is 2.24. The SMILES string of the molecule is CC(C)CC(CNC(=O)OC[N+]1=CC(C(=O)N(C)C)CC=C1)CC(=O)O. The summed E-state index contributed by atoms with van der Waals surface area (Å²) in [7, 11) is 3.40. The minimum atomic E-state index is -0.879. The summed E-state index contributed by atoms with van der Waals surface area (Å²) in [4.78, 5) is 36.3. The zero-order valence-corrected chi connectivity index (χ0v) is 16.0. The van der Waals surface area contributed by atoms with Gasteiger partial charge in [-0.1, -0.05) is 13.8 Å². The predicted molar refractivity (Wildman–Crippen MR) is 96.8 cm³/mol. The highest BCUT2D eigenvalue weighted by molar-refractivity contribution is 5.92. The summed E-state index contributed by atoms with van der Waals surface area (Å²) in [5, 5.41) is 11.6. The number of hydrogen-bond donors (Lipinski definition) is 2. The van der Waals surface area contributed by atoms with Gasteiger partial charge in [0.15, 0.2) is 12.4 Å². The standard InChI is InChI=1S/C18H29N3O5/c1-13(2)8-14(9-16(22)23)10-19-18(25)26-12-21-7-5-6-15(11-21)17(24)20(3)4/h5,7,11,13-15H,6,8-10,12H2,1-4H3,(H-,19,22,23,25)/p+1. The van der Waals surface area contributed by atoms with Crippen molar-refractivity contribution in [1.29, 1.82) is 0 Å². The fraction of sp³-hybridized carbons (Fsp3) is 0.667. The van der Waals surface area contributed by atoms with Gasteiger partial charge in [-0.3, -0.25) is 9.59 Å². The van der Waals surface area contributed by atoms with Crippen molar-refractivity contribution in [3.8, 4) is 0 Å². The summed E-state index contributed by atoms with van der Waals surface area (Å²) in [6, 6.07) is 0. The molecule has 0 bridgehead atoms. The van der Waals surface area contributed by atoms with Crippen molar-refractivity contribution in [1.82, 2.24) is 10.2 Å². The van der Waals surface area contributed by atoms with Crippen LogP contribution >= 0.6 is 0 Å². The van der Waals surface area contributed by atoms with E-state index in [4.69, 9.17) is 9.84 Å². The molecule has 1 aliphatic rings. The third-order valence-electron chi connectivity index (χ3n) is 3.96. The number of carbonyl (C=O) groups excluding carboxylic acids is 2. The predicted octanol–water partition coefficient (Wildman–Crippen LogP) is 1.51. The van der Waals surface area contributed by atoms with Gasteiger partial charge in [0.25, 0.3) is 6.73 Å². The Kier molecular flexibility index (Phi) is 8.81. The van der Waals surface area contributed by atoms with Crippen LogP contribution < -0.4 is 5.32 Å². The average Bonchev–Trinajstić information content (AvgIpc) is 2.56. The van der Waals surface area contributed by atoms with Crippen molar-refractivity contribution < 1.29 is 28.8 Å². The van der Waals surface area contributed by atoms with E-state index in [1.807, 2.05) is 19.9 Å². The number of amides is 2. The molecule has 0 spiro atoms. The molecule has 0 fully saturated rings. The topological polar surface area (TPSA) is 99.0 Å². The molecule has 2 amide bonds. The lowest BCUT2D eigenvalue weighted by Gasteiger charge is -2.18. The third-order valence-corrected chi connectivity index (χ3v) is 3.96. The Hall–Kier alpha value is -2.38. The molecule has 2 N–H and O–H groups in total. The summed E-state index contributed by atoms with van der Waals surface area (Å²) in [5.41, 5.74) is 0. The molecule has 1 aliphatic heterocycles. The van der Waals surface area contributed by atoms with Gasteiger partial charge in [0, 0.05) is 27.1 Å². The van der Waals surface area contributed by atoms with Crippen LogP contribution in [0.4, 0.5) is 4.79 Å². The number of carboxylic acids is 1. The van der Waals surface area contributed by atoms with E-state index in [1.165, 1.54) is 4.90 Å². The first-order valence-electron chi connectivity index (χ1n) is 8.80. The van der Waals surface area contributed by atoms with Crippen LogP contribution in [-0.4, -0.2) is 66.1 Å². The van der Waals surface area contributed by atoms with Crippen LogP contribution in [0.25, 0.3) is 0 Å². The van der Waals surface area contributed by atoms with Gasteiger partial charge in [-0.25, -0.2) is 4.79 Å². The number of carbonyl (C=O) groups is 3. The van der Waals surface area contributed by atoms with Gasteiger partial charge in [-0.15, -0.1) is 0 Å². The Labute approximate surface area is 154 Å². The number of ether oxygens (including phenoxy) is 1. The first-order valence-corrected chi connectivity index (χ1v) is 8.80. The van der Waals surface area contributed by atoms with Crippen LogP contribution in [0.5, 0.6) is 0 Å². The Morgan fingerprint density at radius 2 is 2.04 bits per heavy atom. The van der Waals surface area contributed by atoms with Crippen molar-refractivity contribution >= 4 is 24.2 Å². The number of nitrogens with one attached hydrogen (secondary N) is 1. The van der Waals surface area contributed by atoms with Crippen LogP contribution in [0.15, 0.2) is 12.3 Å². The van der Waals surface area contributed by atoms with Crippen LogP contribution in [-0.2, 0) is 14.3 Å². The molecule has 0 aromatic carbocycles. The summed E-state index contributed by atoms with van der Waals surface area (Å²) in [6.07, 6.45) is 6.09. The minimum absolute atomic E-state index is 0.00556. The van der Waals surface area contributed by atoms with Crippen molar-refractivity contribution in [3.05, 3.63) is 12.3 Å². The highest BCUT2D eigenvalue weighted by atomic mass is 16.6. The van der Waals surface area contributed by atoms with Gasteiger partial charge in [-0.2, -0.15) is 4.58 Å². The largest absolute Gasteiger partial charge is 0.481 e. The molecule has 2 unspecified atom stereocenters. The van der Waals surface area contributed by atoms with E-state index >= 15 is 0 Å². The molecule has 1 rings (SSSR count). The molecule has 8 nitrogen and oxygen atoms in total. The summed E-state index contributed by atoms with van der Waals surface area (Å²) in [5.74, 6) is -0.947. The van der Waals surface area contributed by atoms with E-state index in [2.05, 4.69) is 5.32 Å². The van der Waals surface area contributed by atoms with E-state index in [-0.39, 0.29) is 37.4 Å². The Morgan fingerprint density at radius 3 is 2.62 bits per heavy atom. The maximum Gasteiger partial charge on any atom is 0.412 e. The Balaban J connectivity index is 2.46. The fourth-order valence-electron chi connectivity index (χ4n) is 2.83. The van der Waals surface area contributed by atoms with Gasteiger partial charge < -0.3 is 20.1 Å². The van der Waals surface area contributed by atoms with Crippen LogP contribution in [0.2, 0.25) is 0 Å². The molecule has 0 aliphatic carbocycles. The smallest absolute Gasteiger partial charge is 0.412 e. The lowest BCUT2D eigenvalue weighted by Crippen LogP contribution is -2.35. The molecule has 2 atom stereocenters. The first-order chi connectivity index (χ1) is 12.2. The summed E-state index contributed by atoms with van der Waals surface area (Å²) < 4.78 is 6.80. The second kappa shape index (κ2) is 10.6. The van der Waals surface area contributed by atoms with E-state index in [9.17, 15) is 14.4 Å². The molecule has 8 heteroatoms. The van der Waals surface area contributed by atoms with Crippen LogP contribution in [0.1, 0.15) is 33.1 Å². The second-order valence-electron chi connectivity index (χ2n) is 7.16. The summed E-state index contributed by atoms with van der Waals surface area (Å²) >= 11 is 0. The normalized spacial score (nSPS) is 17.4. The van der Waals surface area contributed by atoms with Crippen molar-refractivity contribution in [2.75, 3.05) is 27.4 Å². The van der Waals surface area contributed by atoms with E-state index < -0.39 is 12.1 Å². The zero-order chi connectivity index (χ0) is 19.7. The third kappa shape index (κ3) is 8.13. The maximum atomic E-state index is 12.0. The second-order valence-corrected chi connectivity index (χ2v) is 7.16. The molecular formula is C18H30N3O5+. The monoisotopic (exact) mass is 368 g/mol. The molecule has 0 saturated carbocycles. The van der Waals surface area contributed by atoms with Gasteiger partial charge >= 0.3 is 12.1 Å². The number of carboxylic acid groups (broad SMARTS) is 1. The van der Waals surface area contributed by atoms with E-state index in [1.54, 1.807) is 31.1 Å². The Morgan fingerprint density at radius 1 is 1.35 bits per heavy atom. The van der Waals surface area contributed by atoms with Gasteiger partial charge in [0.05, 0.1) is 0 Å². The average molecular weight is 368 g/mol. The fourth-order valence-corrected chi connectivity index (χ4v) is 2.83. The molecule has 0 saturated heterocycles. The van der Waals surface area contributed by atoms with Crippen LogP contribution in [0, 0.1) is 17.8 Å². The molecule has 0 aromatic rings. The van der Waals surface area contributed by atoms with E-state index in [0.717, 1.165) is 0 Å². The maximum absolute atomic E-state index is 12.0. The number of hydrogen-bond acceptors (Lipinski definition) is 4. The lowest BCUT2D eigenvalue weighted by molar-refractivity contribution is -0.496. The zero-order valence-electron chi connectivity index (χ0n) is 16.0. The van der Waals surface area contributed by atoms with Crippen molar-refractivity contribution in [2.24, 2.45) is 17.8 Å². The molecule has 0 radical (unpaired) electrons. The molecule has 26 heavy (non-hydrogen) atoms. The quantitative estimate of drug-likeness (QED) is 0.601. The summed E-state index contributed by atoms with van der Waals surface area (Å²) in [6.45, 7) is 4.27. The van der Waals surface area contributed by atoms with Crippen LogP contribution in [0.3, 0.4) is 0 Å². The first kappa shape index (κ1) is 21.7. The van der Waals surface area contributed by atoms with E-state index in [0.29, 0.717) is 18.8 Å². The minimum Gasteiger partial charge on any atom is -0.481 e. The molecule has 1 heterocycles. The number of nitrogens with zero attached hydrogens (tertiary/aromatic N) is 2. The number of alkyl carbamates (subject to hydrolysis) is 1. The van der Waals surface area contributed by atoms with Crippen molar-refractivity contribution in [3.63, 3.8) is 0 Å². The van der Waals surface area contributed by atoms with Gasteiger partial charge in [0.1, 0.15) is 5.92 Å². The molecular weight excluding hydrogens is 338 g/mol. The Bertz CT molecular complexity index is 569. The number of allylic oxidation sites excluding steroid dienone is 1. The lowest BCUT2D eigenvalue weighted by atomic mass is 9.94. The van der Waals surface area contributed by atoms with Gasteiger partial charge in [0.2, 0.25) is 5.91 Å². The molecule has 146 valence electrons. The number of aliphatic carboxylic acids is 1. The van der Waals surface area contributed by atoms with Gasteiger partial charge in [-0.05, 0) is 30.8 Å².